The molecule has 0 radical (unpaired) electrons. The number of hydrogen-bond acceptors (Lipinski definition) is 6. The van der Waals surface area contributed by atoms with E-state index in [1.54, 1.807) is 6.92 Å². The fourth-order valence-corrected chi connectivity index (χ4v) is 2.44. The van der Waals surface area contributed by atoms with Crippen molar-refractivity contribution in [2.24, 2.45) is 5.73 Å². The molecule has 0 spiro atoms. The van der Waals surface area contributed by atoms with Crippen LogP contribution in [0.15, 0.2) is 0 Å². The van der Waals surface area contributed by atoms with E-state index in [-0.39, 0.29) is 4.31 Å². The van der Waals surface area contributed by atoms with Crippen molar-refractivity contribution in [1.29, 1.82) is 0 Å². The van der Waals surface area contributed by atoms with Gasteiger partial charge in [0.15, 0.2) is 0 Å². The number of likely N-dealkylation sites (N-methyl/N-ethyl adjacent to an activating group) is 1. The van der Waals surface area contributed by atoms with E-state index >= 15 is 0 Å². The van der Waals surface area contributed by atoms with Crippen molar-refractivity contribution in [3.63, 3.8) is 0 Å². The lowest BCUT2D eigenvalue weighted by Gasteiger charge is -2.43. The molecule has 0 saturated carbocycles. The Labute approximate surface area is 97.8 Å². The second-order valence-corrected chi connectivity index (χ2v) is 4.63. The van der Waals surface area contributed by atoms with Gasteiger partial charge in [-0.25, -0.2) is 9.10 Å². The largest absolute Gasteiger partial charge is 0.447 e. The minimum Gasteiger partial charge on any atom is -0.447 e. The number of rotatable bonds is 5. The third-order valence-electron chi connectivity index (χ3n) is 2.24. The topological polar surface area (TPSA) is 139 Å². The maximum atomic E-state index is 11.4. The van der Waals surface area contributed by atoms with Crippen LogP contribution in [0.2, 0.25) is 0 Å². The average molecular weight is 267 g/mol. The summed E-state index contributed by atoms with van der Waals surface area (Å²) in [5, 5.41) is 2.71. The van der Waals surface area contributed by atoms with Crippen molar-refractivity contribution in [2.75, 3.05) is 13.2 Å². The van der Waals surface area contributed by atoms with Crippen LogP contribution in [0.5, 0.6) is 0 Å². The molecule has 4 N–H and O–H groups in total. The van der Waals surface area contributed by atoms with Crippen LogP contribution in [0, 0.1) is 0 Å². The summed E-state index contributed by atoms with van der Waals surface area (Å²) in [5.74, 6) is -0.799. The molecule has 2 atom stereocenters. The number of nitrogens with one attached hydrogen (secondary N) is 1. The van der Waals surface area contributed by atoms with E-state index in [1.165, 1.54) is 0 Å². The molecule has 0 aromatic carbocycles. The van der Waals surface area contributed by atoms with Crippen molar-refractivity contribution in [3.05, 3.63) is 0 Å². The van der Waals surface area contributed by atoms with Crippen molar-refractivity contribution in [2.45, 2.75) is 19.0 Å². The summed E-state index contributed by atoms with van der Waals surface area (Å²) in [7, 11) is -4.65. The Kier molecular flexibility index (Phi) is 3.91. The zero-order valence-corrected chi connectivity index (χ0v) is 9.81. The number of carbonyl (C=O) groups excluding carboxylic acids is 2. The van der Waals surface area contributed by atoms with Gasteiger partial charge in [-0.3, -0.25) is 9.35 Å². The number of amides is 2. The molecule has 1 aliphatic heterocycles. The van der Waals surface area contributed by atoms with Crippen LogP contribution in [-0.4, -0.2) is 54.5 Å². The van der Waals surface area contributed by atoms with Gasteiger partial charge in [0, 0.05) is 0 Å². The number of primary amides is 1. The predicted molar refractivity (Wildman–Crippen MR) is 55.2 cm³/mol. The van der Waals surface area contributed by atoms with E-state index in [0.717, 1.165) is 0 Å². The number of ether oxygens (including phenoxy) is 1. The van der Waals surface area contributed by atoms with Crippen LogP contribution in [0.4, 0.5) is 4.79 Å². The number of nitrogens with two attached hydrogens (primary N) is 1. The van der Waals surface area contributed by atoms with E-state index in [2.05, 4.69) is 10.1 Å². The van der Waals surface area contributed by atoms with Gasteiger partial charge in [0.2, 0.25) is 0 Å². The fraction of sp³-hybridized carbons (Fsp3) is 0.714. The minimum absolute atomic E-state index is 0.253. The molecule has 1 aliphatic rings. The molecule has 0 aromatic rings. The van der Waals surface area contributed by atoms with Gasteiger partial charge in [-0.15, -0.1) is 0 Å². The van der Waals surface area contributed by atoms with Crippen molar-refractivity contribution in [1.82, 2.24) is 9.62 Å². The van der Waals surface area contributed by atoms with E-state index in [0.29, 0.717) is 6.54 Å². The first-order valence-corrected chi connectivity index (χ1v) is 6.15. The molecule has 0 aliphatic carbocycles. The third kappa shape index (κ3) is 2.84. The number of hydrogen-bond donors (Lipinski definition) is 3. The van der Waals surface area contributed by atoms with Crippen LogP contribution in [0.1, 0.15) is 6.92 Å². The van der Waals surface area contributed by atoms with E-state index in [9.17, 15) is 18.0 Å². The van der Waals surface area contributed by atoms with Gasteiger partial charge in [-0.1, -0.05) is 6.92 Å². The van der Waals surface area contributed by atoms with Crippen molar-refractivity contribution in [3.8, 4) is 0 Å². The lowest BCUT2D eigenvalue weighted by atomic mass is 10.00. The molecular formula is C7H13N3O6S. The Bertz CT molecular complexity index is 421. The Hall–Kier alpha value is -1.39. The van der Waals surface area contributed by atoms with Gasteiger partial charge in [0.1, 0.15) is 18.7 Å². The summed E-state index contributed by atoms with van der Waals surface area (Å²) in [6.45, 7) is 1.73. The van der Waals surface area contributed by atoms with E-state index < -0.39 is 41.0 Å². The predicted octanol–water partition coefficient (Wildman–Crippen LogP) is -1.93. The van der Waals surface area contributed by atoms with E-state index in [1.807, 2.05) is 0 Å². The van der Waals surface area contributed by atoms with Crippen LogP contribution < -0.4 is 11.1 Å². The molecule has 1 heterocycles. The fourth-order valence-electron chi connectivity index (χ4n) is 1.58. The molecule has 0 bridgehead atoms. The molecule has 98 valence electrons. The van der Waals surface area contributed by atoms with Gasteiger partial charge < -0.3 is 15.8 Å². The minimum atomic E-state index is -4.65. The normalized spacial score (nSPS) is 24.4. The molecule has 1 rings (SSSR count). The van der Waals surface area contributed by atoms with Crippen LogP contribution in [-0.2, 0) is 19.8 Å². The number of nitrogens with zero attached hydrogens (tertiary/aromatic N) is 1. The quantitative estimate of drug-likeness (QED) is 0.389. The Morgan fingerprint density at radius 3 is 2.65 bits per heavy atom. The first kappa shape index (κ1) is 13.7. The molecule has 0 unspecified atom stereocenters. The molecule has 1 saturated heterocycles. The summed E-state index contributed by atoms with van der Waals surface area (Å²) in [5.41, 5.74) is 4.73. The summed E-state index contributed by atoms with van der Waals surface area (Å²) in [6.07, 6.45) is -1.09. The second-order valence-electron chi connectivity index (χ2n) is 3.34. The molecule has 9 nitrogen and oxygen atoms in total. The van der Waals surface area contributed by atoms with Gasteiger partial charge in [-0.05, 0) is 6.54 Å². The average Bonchev–Trinajstić information content (AvgIpc) is 2.17. The Morgan fingerprint density at radius 2 is 2.24 bits per heavy atom. The maximum absolute atomic E-state index is 11.4. The first-order valence-electron chi connectivity index (χ1n) is 4.75. The van der Waals surface area contributed by atoms with Crippen molar-refractivity contribution >= 4 is 22.3 Å². The van der Waals surface area contributed by atoms with Crippen LogP contribution >= 0.6 is 0 Å². The maximum Gasteiger partial charge on any atom is 0.404 e. The highest BCUT2D eigenvalue weighted by atomic mass is 32.2. The zero-order valence-electron chi connectivity index (χ0n) is 8.99. The number of β-lactam (4-membered cyclic amide) rings is 1. The molecular weight excluding hydrogens is 254 g/mol. The van der Waals surface area contributed by atoms with Crippen LogP contribution in [0.25, 0.3) is 0 Å². The SMILES string of the molecule is CCN[C@@H]1C(=O)N(S(=O)(=O)O)[C@@H]1COC(N)=O. The molecule has 10 heteroatoms. The monoisotopic (exact) mass is 267 g/mol. The van der Waals surface area contributed by atoms with E-state index in [4.69, 9.17) is 10.3 Å². The van der Waals surface area contributed by atoms with Gasteiger partial charge in [-0.2, -0.15) is 8.42 Å². The molecule has 17 heavy (non-hydrogen) atoms. The highest BCUT2D eigenvalue weighted by Crippen LogP contribution is 2.23. The Morgan fingerprint density at radius 1 is 1.65 bits per heavy atom. The lowest BCUT2D eigenvalue weighted by Crippen LogP contribution is -2.72. The molecule has 2 amide bonds. The Balaban J connectivity index is 2.78. The second kappa shape index (κ2) is 4.85. The summed E-state index contributed by atoms with van der Waals surface area (Å²) in [4.78, 5) is 21.8. The summed E-state index contributed by atoms with van der Waals surface area (Å²) < 4.78 is 35.3. The standard InChI is InChI=1S/C7H13N3O6S/c1-2-9-5-4(3-16-7(8)12)10(6(5)11)17(13,14)15/h4-5,9H,2-3H2,1H3,(H2,8,12)(H,13,14,15)/t4-,5+/m1/s1. The summed E-state index contributed by atoms with van der Waals surface area (Å²) in [6, 6.07) is -1.80. The number of carbonyl (C=O) groups is 2. The van der Waals surface area contributed by atoms with Gasteiger partial charge in [0.05, 0.1) is 0 Å². The molecule has 0 aromatic heterocycles. The van der Waals surface area contributed by atoms with Crippen molar-refractivity contribution < 1.29 is 27.3 Å². The molecule has 1 fully saturated rings. The highest BCUT2D eigenvalue weighted by Gasteiger charge is 2.53. The van der Waals surface area contributed by atoms with Gasteiger partial charge >= 0.3 is 16.4 Å². The third-order valence-corrected chi connectivity index (χ3v) is 3.19. The van der Waals surface area contributed by atoms with Gasteiger partial charge in [0.25, 0.3) is 5.91 Å². The lowest BCUT2D eigenvalue weighted by molar-refractivity contribution is -0.144. The highest BCUT2D eigenvalue weighted by molar-refractivity contribution is 7.84. The summed E-state index contributed by atoms with van der Waals surface area (Å²) >= 11 is 0. The smallest absolute Gasteiger partial charge is 0.404 e. The zero-order chi connectivity index (χ0) is 13.2. The van der Waals surface area contributed by atoms with Crippen LogP contribution in [0.3, 0.4) is 0 Å². The first-order chi connectivity index (χ1) is 7.79.